The Hall–Kier alpha value is -3.02. The average molecular weight is 466 g/mol. The van der Waals surface area contributed by atoms with Crippen LogP contribution in [0.3, 0.4) is 0 Å². The second-order valence-corrected chi connectivity index (χ2v) is 9.28. The predicted octanol–water partition coefficient (Wildman–Crippen LogP) is 3.43. The fourth-order valence-corrected chi connectivity index (χ4v) is 4.75. The Balaban J connectivity index is 1.67. The maximum atomic E-state index is 13.3. The summed E-state index contributed by atoms with van der Waals surface area (Å²) in [4.78, 5) is 21.1. The van der Waals surface area contributed by atoms with Gasteiger partial charge in [-0.1, -0.05) is 11.6 Å². The molecule has 0 radical (unpaired) electrons. The number of amides is 1. The van der Waals surface area contributed by atoms with Crippen LogP contribution in [0.1, 0.15) is 4.88 Å². The van der Waals surface area contributed by atoms with E-state index in [-0.39, 0.29) is 22.1 Å². The van der Waals surface area contributed by atoms with E-state index in [2.05, 4.69) is 19.7 Å². The van der Waals surface area contributed by atoms with Crippen LogP contribution in [-0.4, -0.2) is 41.4 Å². The van der Waals surface area contributed by atoms with E-state index < -0.39 is 21.9 Å². The Morgan fingerprint density at radius 3 is 2.73 bits per heavy atom. The summed E-state index contributed by atoms with van der Waals surface area (Å²) in [5.74, 6) is -1.34. The second-order valence-electron chi connectivity index (χ2n) is 6.16. The maximum absolute atomic E-state index is 13.3. The van der Waals surface area contributed by atoms with Gasteiger partial charge in [0.1, 0.15) is 11.5 Å². The molecule has 1 aliphatic heterocycles. The molecule has 1 aliphatic rings. The highest BCUT2D eigenvalue weighted by molar-refractivity contribution is 7.88. The first-order valence-electron chi connectivity index (χ1n) is 8.40. The van der Waals surface area contributed by atoms with Crippen LogP contribution in [0.4, 0.5) is 10.1 Å². The van der Waals surface area contributed by atoms with Crippen molar-refractivity contribution in [1.29, 1.82) is 0 Å². The lowest BCUT2D eigenvalue weighted by Gasteiger charge is -2.23. The number of aromatic amines is 1. The van der Waals surface area contributed by atoms with Gasteiger partial charge in [0.05, 0.1) is 38.7 Å². The van der Waals surface area contributed by atoms with Crippen molar-refractivity contribution in [2.45, 2.75) is 0 Å². The molecule has 154 valence electrons. The van der Waals surface area contributed by atoms with Gasteiger partial charge in [-0.25, -0.2) is 13.7 Å². The second kappa shape index (κ2) is 7.67. The predicted molar refractivity (Wildman–Crippen MR) is 113 cm³/mol. The van der Waals surface area contributed by atoms with Gasteiger partial charge in [0.25, 0.3) is 5.91 Å². The number of hydrogen-bond acceptors (Lipinski definition) is 5. The normalized spacial score (nSPS) is 15.5. The molecule has 3 heterocycles. The van der Waals surface area contributed by atoms with Crippen LogP contribution in [0.15, 0.2) is 59.0 Å². The number of rotatable bonds is 4. The molecule has 0 spiro atoms. The van der Waals surface area contributed by atoms with Crippen molar-refractivity contribution < 1.29 is 17.6 Å². The summed E-state index contributed by atoms with van der Waals surface area (Å²) in [5.41, 5.74) is 0.987. The van der Waals surface area contributed by atoms with E-state index in [0.717, 1.165) is 20.9 Å². The number of benzene rings is 1. The summed E-state index contributed by atoms with van der Waals surface area (Å²) >= 11 is 7.03. The van der Waals surface area contributed by atoms with Crippen molar-refractivity contribution in [3.8, 4) is 10.6 Å². The standard InChI is InChI=1S/C18H13ClFN5O3S2/c1-25-15(18(26)23-10-2-3-12(20)11(19)6-10)7-13(24-30(25,27)28)16-4-5-17(29-16)14-8-21-9-22-14/h2-9H,1H3,(H,21,22)(H,23,26). The first-order chi connectivity index (χ1) is 14.2. The number of likely N-dealkylation sites (N-methyl/N-ethyl adjacent to an activating group) is 1. The first kappa shape index (κ1) is 20.3. The minimum absolute atomic E-state index is 0.131. The number of H-pyrrole nitrogens is 1. The minimum atomic E-state index is -4.11. The molecule has 8 nitrogen and oxygen atoms in total. The number of imidazole rings is 1. The summed E-state index contributed by atoms with van der Waals surface area (Å²) < 4.78 is 42.9. The van der Waals surface area contributed by atoms with Crippen LogP contribution in [-0.2, 0) is 15.0 Å². The highest BCUT2D eigenvalue weighted by Crippen LogP contribution is 2.30. The summed E-state index contributed by atoms with van der Waals surface area (Å²) in [7, 11) is -2.89. The molecule has 0 atom stereocenters. The SMILES string of the molecule is CN1C(C(=O)Nc2ccc(F)c(Cl)c2)=CC(c2ccc(-c3cnc[nH]3)s2)=NS1(=O)=O. The quantitative estimate of drug-likeness (QED) is 0.615. The number of aromatic nitrogens is 2. The van der Waals surface area contributed by atoms with Crippen LogP contribution in [0, 0.1) is 5.82 Å². The van der Waals surface area contributed by atoms with Crippen LogP contribution in [0.2, 0.25) is 5.02 Å². The fraction of sp³-hybridized carbons (Fsp3) is 0.0556. The molecule has 2 aromatic heterocycles. The van der Waals surface area contributed by atoms with Crippen LogP contribution in [0.25, 0.3) is 10.6 Å². The van der Waals surface area contributed by atoms with Gasteiger partial charge in [-0.05, 0) is 36.4 Å². The van der Waals surface area contributed by atoms with Crippen LogP contribution < -0.4 is 5.32 Å². The van der Waals surface area contributed by atoms with Crippen LogP contribution >= 0.6 is 22.9 Å². The summed E-state index contributed by atoms with van der Waals surface area (Å²) in [6.45, 7) is 0. The molecule has 0 aliphatic carbocycles. The Labute approximate surface area is 179 Å². The number of nitrogens with zero attached hydrogens (tertiary/aromatic N) is 3. The zero-order valence-corrected chi connectivity index (χ0v) is 17.6. The topological polar surface area (TPSA) is 108 Å². The molecular formula is C18H13ClFN5O3S2. The number of hydrogen-bond donors (Lipinski definition) is 2. The van der Waals surface area contributed by atoms with Gasteiger partial charge >= 0.3 is 10.2 Å². The van der Waals surface area contributed by atoms with Gasteiger partial charge in [0, 0.05) is 12.7 Å². The zero-order valence-electron chi connectivity index (χ0n) is 15.3. The Morgan fingerprint density at radius 1 is 1.27 bits per heavy atom. The molecule has 1 aromatic carbocycles. The number of nitrogens with one attached hydrogen (secondary N) is 2. The summed E-state index contributed by atoms with van der Waals surface area (Å²) in [5, 5.41) is 2.35. The van der Waals surface area contributed by atoms with Crippen molar-refractivity contribution >= 4 is 50.5 Å². The molecule has 30 heavy (non-hydrogen) atoms. The Morgan fingerprint density at radius 2 is 2.03 bits per heavy atom. The lowest BCUT2D eigenvalue weighted by molar-refractivity contribution is -0.113. The van der Waals surface area contributed by atoms with Crippen molar-refractivity contribution in [1.82, 2.24) is 14.3 Å². The number of carbonyl (C=O) groups is 1. The van der Waals surface area contributed by atoms with E-state index in [1.807, 2.05) is 0 Å². The molecule has 0 saturated carbocycles. The number of anilines is 1. The minimum Gasteiger partial charge on any atom is -0.344 e. The van der Waals surface area contributed by atoms with Crippen molar-refractivity contribution in [3.63, 3.8) is 0 Å². The summed E-state index contributed by atoms with van der Waals surface area (Å²) in [6.07, 6.45) is 4.56. The number of thiophene rings is 1. The molecule has 12 heteroatoms. The van der Waals surface area contributed by atoms with Crippen molar-refractivity contribution in [3.05, 3.63) is 70.3 Å². The fourth-order valence-electron chi connectivity index (χ4n) is 2.66. The van der Waals surface area contributed by atoms with Gasteiger partial charge in [-0.15, -0.1) is 15.7 Å². The van der Waals surface area contributed by atoms with Gasteiger partial charge in [-0.3, -0.25) is 4.79 Å². The Bertz CT molecular complexity index is 1300. The lowest BCUT2D eigenvalue weighted by Crippen LogP contribution is -2.35. The van der Waals surface area contributed by atoms with Gasteiger partial charge in [0.15, 0.2) is 0 Å². The highest BCUT2D eigenvalue weighted by atomic mass is 35.5. The monoisotopic (exact) mass is 465 g/mol. The first-order valence-corrected chi connectivity index (χ1v) is 11.0. The molecule has 0 unspecified atom stereocenters. The number of carbonyl (C=O) groups excluding carboxylic acids is 1. The lowest BCUT2D eigenvalue weighted by atomic mass is 10.2. The Kier molecular flexibility index (Phi) is 5.18. The van der Waals surface area contributed by atoms with E-state index in [9.17, 15) is 17.6 Å². The molecule has 0 bridgehead atoms. The smallest absolute Gasteiger partial charge is 0.344 e. The third-order valence-electron chi connectivity index (χ3n) is 4.20. The number of halogens is 2. The van der Waals surface area contributed by atoms with E-state index in [1.165, 1.54) is 42.9 Å². The van der Waals surface area contributed by atoms with Crippen LogP contribution in [0.5, 0.6) is 0 Å². The largest absolute Gasteiger partial charge is 0.345 e. The van der Waals surface area contributed by atoms with Crippen molar-refractivity contribution in [2.75, 3.05) is 12.4 Å². The zero-order chi connectivity index (χ0) is 21.5. The van der Waals surface area contributed by atoms with Gasteiger partial charge in [0.2, 0.25) is 0 Å². The van der Waals surface area contributed by atoms with Gasteiger partial charge in [-0.2, -0.15) is 8.42 Å². The van der Waals surface area contributed by atoms with E-state index >= 15 is 0 Å². The van der Waals surface area contributed by atoms with Crippen molar-refractivity contribution in [2.24, 2.45) is 4.40 Å². The highest BCUT2D eigenvalue weighted by Gasteiger charge is 2.30. The van der Waals surface area contributed by atoms with Gasteiger partial charge < -0.3 is 10.3 Å². The number of allylic oxidation sites excluding steroid dienone is 1. The van der Waals surface area contributed by atoms with E-state index in [0.29, 0.717) is 4.88 Å². The molecule has 0 saturated heterocycles. The third-order valence-corrected chi connectivity index (χ3v) is 6.95. The molecule has 3 aromatic rings. The average Bonchev–Trinajstić information content (AvgIpc) is 3.38. The molecule has 2 N–H and O–H groups in total. The maximum Gasteiger partial charge on any atom is 0.345 e. The third kappa shape index (κ3) is 3.86. The molecular weight excluding hydrogens is 453 g/mol. The van der Waals surface area contributed by atoms with E-state index in [1.54, 1.807) is 18.3 Å². The summed E-state index contributed by atoms with van der Waals surface area (Å²) in [6, 6.07) is 7.17. The van der Waals surface area contributed by atoms with E-state index in [4.69, 9.17) is 11.6 Å². The molecule has 1 amide bonds. The molecule has 0 fully saturated rings. The molecule has 4 rings (SSSR count).